The molecule has 2 aliphatic rings. The number of rotatable bonds is 6. The Kier molecular flexibility index (Phi) is 4.97. The van der Waals surface area contributed by atoms with E-state index in [9.17, 15) is 0 Å². The zero-order valence-electron chi connectivity index (χ0n) is 13.6. The van der Waals surface area contributed by atoms with Crippen LogP contribution in [0.25, 0.3) is 0 Å². The van der Waals surface area contributed by atoms with Crippen LogP contribution in [0.15, 0.2) is 30.3 Å². The van der Waals surface area contributed by atoms with Crippen molar-refractivity contribution in [3.63, 3.8) is 0 Å². The summed E-state index contributed by atoms with van der Waals surface area (Å²) in [6.45, 7) is 7.22. The van der Waals surface area contributed by atoms with Gasteiger partial charge >= 0.3 is 0 Å². The number of nitrogens with one attached hydrogen (secondary N) is 1. The predicted octanol–water partition coefficient (Wildman–Crippen LogP) is 3.47. The molecule has 1 aromatic rings. The van der Waals surface area contributed by atoms with E-state index in [1.165, 1.54) is 50.8 Å². The van der Waals surface area contributed by atoms with Gasteiger partial charge in [0.25, 0.3) is 0 Å². The monoisotopic (exact) mass is 286 g/mol. The van der Waals surface area contributed by atoms with Crippen LogP contribution in [-0.4, -0.2) is 36.1 Å². The topological polar surface area (TPSA) is 15.3 Å². The average Bonchev–Trinajstić information content (AvgIpc) is 3.38. The smallest absolute Gasteiger partial charge is 0.0224 e. The van der Waals surface area contributed by atoms with E-state index in [0.717, 1.165) is 18.0 Å². The fraction of sp³-hybridized carbons (Fsp3) is 0.684. The minimum absolute atomic E-state index is 0.693. The first-order chi connectivity index (χ1) is 10.3. The lowest BCUT2D eigenvalue weighted by Crippen LogP contribution is -2.59. The molecule has 1 aliphatic carbocycles. The van der Waals surface area contributed by atoms with E-state index in [4.69, 9.17) is 0 Å². The molecule has 1 aliphatic heterocycles. The first-order valence-electron chi connectivity index (χ1n) is 8.81. The summed E-state index contributed by atoms with van der Waals surface area (Å²) in [6.07, 6.45) is 6.63. The van der Waals surface area contributed by atoms with Gasteiger partial charge in [0.05, 0.1) is 0 Å². The molecule has 1 aromatic carbocycles. The maximum Gasteiger partial charge on any atom is 0.0224 e. The van der Waals surface area contributed by atoms with Gasteiger partial charge in [0.15, 0.2) is 0 Å². The van der Waals surface area contributed by atoms with Crippen molar-refractivity contribution in [2.45, 2.75) is 64.1 Å². The van der Waals surface area contributed by atoms with Gasteiger partial charge in [-0.1, -0.05) is 37.3 Å². The van der Waals surface area contributed by atoms with Crippen LogP contribution in [0.5, 0.6) is 0 Å². The lowest BCUT2D eigenvalue weighted by Gasteiger charge is -2.44. The molecular formula is C19H30N2. The van der Waals surface area contributed by atoms with Crippen LogP contribution in [0, 0.1) is 5.92 Å². The molecule has 1 saturated heterocycles. The largest absolute Gasteiger partial charge is 0.311 e. The fourth-order valence-corrected chi connectivity index (χ4v) is 3.76. The third kappa shape index (κ3) is 3.87. The summed E-state index contributed by atoms with van der Waals surface area (Å²) in [5.41, 5.74) is 1.48. The van der Waals surface area contributed by atoms with Gasteiger partial charge in [-0.05, 0) is 50.5 Å². The van der Waals surface area contributed by atoms with Gasteiger partial charge in [-0.15, -0.1) is 0 Å². The lowest BCUT2D eigenvalue weighted by molar-refractivity contribution is 0.0767. The summed E-state index contributed by atoms with van der Waals surface area (Å²) in [7, 11) is 0. The molecule has 116 valence electrons. The Hall–Kier alpha value is -0.860. The van der Waals surface area contributed by atoms with E-state index in [0.29, 0.717) is 6.04 Å². The molecule has 0 radical (unpaired) electrons. The highest BCUT2D eigenvalue weighted by atomic mass is 15.3. The Balaban J connectivity index is 1.56. The number of hydrogen-bond donors (Lipinski definition) is 1. The zero-order chi connectivity index (χ0) is 14.7. The second-order valence-corrected chi connectivity index (χ2v) is 6.98. The first kappa shape index (κ1) is 15.1. The first-order valence-corrected chi connectivity index (χ1v) is 8.81. The fourth-order valence-electron chi connectivity index (χ4n) is 3.76. The Morgan fingerprint density at radius 2 is 2.00 bits per heavy atom. The van der Waals surface area contributed by atoms with E-state index in [-0.39, 0.29) is 0 Å². The van der Waals surface area contributed by atoms with E-state index in [1.807, 2.05) is 0 Å². The number of benzene rings is 1. The third-order valence-electron chi connectivity index (χ3n) is 5.41. The van der Waals surface area contributed by atoms with Gasteiger partial charge in [0, 0.05) is 31.2 Å². The van der Waals surface area contributed by atoms with Crippen molar-refractivity contribution in [2.75, 3.05) is 13.1 Å². The Bertz CT molecular complexity index is 426. The maximum atomic E-state index is 3.80. The molecule has 0 spiro atoms. The van der Waals surface area contributed by atoms with Crippen molar-refractivity contribution in [2.24, 2.45) is 5.92 Å². The second kappa shape index (κ2) is 6.93. The van der Waals surface area contributed by atoms with Crippen LogP contribution in [0.1, 0.15) is 45.1 Å². The van der Waals surface area contributed by atoms with E-state index >= 15 is 0 Å². The van der Waals surface area contributed by atoms with Crippen molar-refractivity contribution < 1.29 is 0 Å². The molecule has 3 atom stereocenters. The van der Waals surface area contributed by atoms with Crippen molar-refractivity contribution in [3.8, 4) is 0 Å². The summed E-state index contributed by atoms with van der Waals surface area (Å²) >= 11 is 0. The van der Waals surface area contributed by atoms with Crippen molar-refractivity contribution in [1.29, 1.82) is 0 Å². The van der Waals surface area contributed by atoms with E-state index < -0.39 is 0 Å². The van der Waals surface area contributed by atoms with Crippen molar-refractivity contribution in [3.05, 3.63) is 35.9 Å². The summed E-state index contributed by atoms with van der Waals surface area (Å²) in [5, 5.41) is 3.80. The second-order valence-electron chi connectivity index (χ2n) is 6.98. The van der Waals surface area contributed by atoms with Gasteiger partial charge in [0.1, 0.15) is 0 Å². The van der Waals surface area contributed by atoms with Gasteiger partial charge in [0.2, 0.25) is 0 Å². The minimum atomic E-state index is 0.693. The maximum absolute atomic E-state index is 3.80. The molecule has 3 rings (SSSR count). The number of aryl methyl sites for hydroxylation is 1. The number of piperazine rings is 1. The van der Waals surface area contributed by atoms with Crippen LogP contribution < -0.4 is 5.32 Å². The van der Waals surface area contributed by atoms with Crippen LogP contribution in [0.2, 0.25) is 0 Å². The minimum Gasteiger partial charge on any atom is -0.311 e. The summed E-state index contributed by atoms with van der Waals surface area (Å²) in [5.74, 6) is 0.964. The average molecular weight is 286 g/mol. The number of hydrogen-bond acceptors (Lipinski definition) is 2. The van der Waals surface area contributed by atoms with Gasteiger partial charge < -0.3 is 5.32 Å². The van der Waals surface area contributed by atoms with Crippen molar-refractivity contribution >= 4 is 0 Å². The van der Waals surface area contributed by atoms with E-state index in [1.54, 1.807) is 0 Å². The highest BCUT2D eigenvalue weighted by Gasteiger charge is 2.37. The molecule has 2 heteroatoms. The van der Waals surface area contributed by atoms with Crippen molar-refractivity contribution in [1.82, 2.24) is 10.2 Å². The van der Waals surface area contributed by atoms with Gasteiger partial charge in [-0.2, -0.15) is 0 Å². The highest BCUT2D eigenvalue weighted by molar-refractivity contribution is 5.14. The normalized spacial score (nSPS) is 28.5. The van der Waals surface area contributed by atoms with Gasteiger partial charge in [-0.3, -0.25) is 4.90 Å². The molecular weight excluding hydrogens is 256 g/mol. The van der Waals surface area contributed by atoms with E-state index in [2.05, 4.69) is 54.4 Å². The molecule has 0 bridgehead atoms. The third-order valence-corrected chi connectivity index (χ3v) is 5.41. The summed E-state index contributed by atoms with van der Waals surface area (Å²) in [6, 6.07) is 13.1. The molecule has 0 aromatic heterocycles. The molecule has 1 heterocycles. The Morgan fingerprint density at radius 3 is 2.67 bits per heavy atom. The molecule has 21 heavy (non-hydrogen) atoms. The molecule has 0 amide bonds. The van der Waals surface area contributed by atoms with Crippen LogP contribution in [-0.2, 0) is 6.42 Å². The quantitative estimate of drug-likeness (QED) is 0.861. The summed E-state index contributed by atoms with van der Waals surface area (Å²) < 4.78 is 0. The lowest BCUT2D eigenvalue weighted by atomic mass is 9.98. The molecule has 2 fully saturated rings. The highest BCUT2D eigenvalue weighted by Crippen LogP contribution is 2.35. The van der Waals surface area contributed by atoms with Gasteiger partial charge in [-0.25, -0.2) is 0 Å². The molecule has 2 nitrogen and oxygen atoms in total. The molecule has 1 saturated carbocycles. The van der Waals surface area contributed by atoms with Crippen LogP contribution in [0.4, 0.5) is 0 Å². The van der Waals surface area contributed by atoms with Crippen LogP contribution in [0.3, 0.4) is 0 Å². The molecule has 1 N–H and O–H groups in total. The Labute approximate surface area is 129 Å². The predicted molar refractivity (Wildman–Crippen MR) is 89.5 cm³/mol. The van der Waals surface area contributed by atoms with Crippen LogP contribution >= 0.6 is 0 Å². The SMILES string of the molecule is CCC1CNC(C2CC2)CN1C(C)CCc1ccccc1. The zero-order valence-corrected chi connectivity index (χ0v) is 13.6. The molecule has 3 unspecified atom stereocenters. The Morgan fingerprint density at radius 1 is 1.24 bits per heavy atom. The summed E-state index contributed by atoms with van der Waals surface area (Å²) in [4.78, 5) is 2.79. The standard InChI is InChI=1S/C19H30N2/c1-3-18-13-20-19(17-11-12-17)14-21(18)15(2)9-10-16-7-5-4-6-8-16/h4-8,15,17-20H,3,9-14H2,1-2H3. The number of nitrogens with zero attached hydrogens (tertiary/aromatic N) is 1.